The van der Waals surface area contributed by atoms with Crippen molar-refractivity contribution in [3.63, 3.8) is 0 Å². The van der Waals surface area contributed by atoms with E-state index in [9.17, 15) is 9.90 Å². The summed E-state index contributed by atoms with van der Waals surface area (Å²) >= 11 is 5.89. The fourth-order valence-corrected chi connectivity index (χ4v) is 2.70. The standard InChI is InChI=1S/C15H20ClNO2.C2H6/c1-2-15(19)14(10-17-8-7-13(18)9-17)11-3-5-12(16)6-4-11;1-2/h3-6,13-14,18H,2,7-10H2,1H3;1-2H3. The molecule has 0 bridgehead atoms. The number of halogens is 1. The van der Waals surface area contributed by atoms with E-state index >= 15 is 0 Å². The second kappa shape index (κ2) is 9.19. The zero-order valence-electron chi connectivity index (χ0n) is 13.2. The lowest BCUT2D eigenvalue weighted by atomic mass is 9.93. The fourth-order valence-electron chi connectivity index (χ4n) is 2.57. The molecule has 0 spiro atoms. The molecule has 2 atom stereocenters. The Kier molecular flexibility index (Phi) is 7.94. The monoisotopic (exact) mass is 311 g/mol. The minimum absolute atomic E-state index is 0.118. The van der Waals surface area contributed by atoms with Gasteiger partial charge in [-0.05, 0) is 24.1 Å². The molecule has 1 fully saturated rings. The highest BCUT2D eigenvalue weighted by atomic mass is 35.5. The number of Topliss-reactive ketones (excluding diaryl/α,β-unsaturated/α-hetero) is 1. The number of nitrogens with zero attached hydrogens (tertiary/aromatic N) is 1. The van der Waals surface area contributed by atoms with Crippen LogP contribution in [0.4, 0.5) is 0 Å². The van der Waals surface area contributed by atoms with Gasteiger partial charge in [0.25, 0.3) is 0 Å². The summed E-state index contributed by atoms with van der Waals surface area (Å²) in [6.07, 6.45) is 1.08. The van der Waals surface area contributed by atoms with Crippen LogP contribution < -0.4 is 0 Å². The molecule has 0 radical (unpaired) electrons. The summed E-state index contributed by atoms with van der Waals surface area (Å²) in [6, 6.07) is 7.50. The first kappa shape index (κ1) is 18.1. The van der Waals surface area contributed by atoms with Crippen molar-refractivity contribution in [2.75, 3.05) is 19.6 Å². The Labute approximate surface area is 132 Å². The lowest BCUT2D eigenvalue weighted by Crippen LogP contribution is -2.31. The summed E-state index contributed by atoms with van der Waals surface area (Å²) in [6.45, 7) is 8.11. The van der Waals surface area contributed by atoms with Crippen molar-refractivity contribution in [2.24, 2.45) is 0 Å². The zero-order valence-corrected chi connectivity index (χ0v) is 13.9. The topological polar surface area (TPSA) is 40.5 Å². The van der Waals surface area contributed by atoms with Gasteiger partial charge in [0.15, 0.2) is 0 Å². The molecule has 118 valence electrons. The lowest BCUT2D eigenvalue weighted by molar-refractivity contribution is -0.120. The van der Waals surface area contributed by atoms with Crippen molar-refractivity contribution in [2.45, 2.75) is 45.6 Å². The number of aliphatic hydroxyl groups is 1. The average Bonchev–Trinajstić information content (AvgIpc) is 2.92. The van der Waals surface area contributed by atoms with Gasteiger partial charge in [-0.3, -0.25) is 9.69 Å². The number of aliphatic hydroxyl groups excluding tert-OH is 1. The van der Waals surface area contributed by atoms with Crippen molar-refractivity contribution in [1.29, 1.82) is 0 Å². The van der Waals surface area contributed by atoms with E-state index in [2.05, 4.69) is 4.90 Å². The number of likely N-dealkylation sites (tertiary alicyclic amines) is 1. The van der Waals surface area contributed by atoms with E-state index in [-0.39, 0.29) is 17.8 Å². The summed E-state index contributed by atoms with van der Waals surface area (Å²) < 4.78 is 0. The predicted molar refractivity (Wildman–Crippen MR) is 87.9 cm³/mol. The Morgan fingerprint density at radius 1 is 1.38 bits per heavy atom. The van der Waals surface area contributed by atoms with Crippen LogP contribution >= 0.6 is 11.6 Å². The molecule has 1 N–H and O–H groups in total. The molecule has 2 rings (SSSR count). The van der Waals surface area contributed by atoms with Gasteiger partial charge in [0, 0.05) is 31.1 Å². The van der Waals surface area contributed by atoms with E-state index in [4.69, 9.17) is 11.6 Å². The first-order valence-electron chi connectivity index (χ1n) is 7.78. The summed E-state index contributed by atoms with van der Waals surface area (Å²) in [5, 5.41) is 10.3. The predicted octanol–water partition coefficient (Wildman–Crippen LogP) is 3.50. The quantitative estimate of drug-likeness (QED) is 0.905. The first-order valence-corrected chi connectivity index (χ1v) is 8.16. The van der Waals surface area contributed by atoms with Crippen LogP contribution in [0.2, 0.25) is 5.02 Å². The molecule has 4 heteroatoms. The SMILES string of the molecule is CC.CCC(=O)C(CN1CCC(O)C1)c1ccc(Cl)cc1. The van der Waals surface area contributed by atoms with E-state index < -0.39 is 0 Å². The highest BCUT2D eigenvalue weighted by Crippen LogP contribution is 2.23. The van der Waals surface area contributed by atoms with E-state index in [0.29, 0.717) is 24.5 Å². The maximum absolute atomic E-state index is 12.1. The Balaban J connectivity index is 0.00000106. The van der Waals surface area contributed by atoms with E-state index in [1.54, 1.807) is 0 Å². The third kappa shape index (κ3) is 5.42. The van der Waals surface area contributed by atoms with Crippen LogP contribution in [-0.4, -0.2) is 41.5 Å². The van der Waals surface area contributed by atoms with Gasteiger partial charge in [-0.2, -0.15) is 0 Å². The molecular weight excluding hydrogens is 286 g/mol. The molecule has 21 heavy (non-hydrogen) atoms. The fraction of sp³-hybridized carbons (Fsp3) is 0.588. The van der Waals surface area contributed by atoms with Crippen molar-refractivity contribution >= 4 is 17.4 Å². The van der Waals surface area contributed by atoms with Gasteiger partial charge in [0.1, 0.15) is 5.78 Å². The Morgan fingerprint density at radius 2 is 2.00 bits per heavy atom. The lowest BCUT2D eigenvalue weighted by Gasteiger charge is -2.22. The smallest absolute Gasteiger partial charge is 0.141 e. The van der Waals surface area contributed by atoms with E-state index in [0.717, 1.165) is 18.5 Å². The Bertz CT molecular complexity index is 433. The molecule has 2 unspecified atom stereocenters. The van der Waals surface area contributed by atoms with Gasteiger partial charge in [-0.25, -0.2) is 0 Å². The maximum atomic E-state index is 12.1. The molecule has 0 saturated carbocycles. The summed E-state index contributed by atoms with van der Waals surface area (Å²) in [7, 11) is 0. The van der Waals surface area contributed by atoms with Crippen LogP contribution in [-0.2, 0) is 4.79 Å². The van der Waals surface area contributed by atoms with Crippen LogP contribution in [0.5, 0.6) is 0 Å². The minimum atomic E-state index is -0.248. The number of β-amino-alcohol motifs (C(OH)–C–C–N with tert-alkyl or cyclic N) is 1. The second-order valence-corrected chi connectivity index (χ2v) is 5.56. The summed E-state index contributed by atoms with van der Waals surface area (Å²) in [5.41, 5.74) is 1.01. The van der Waals surface area contributed by atoms with Crippen LogP contribution in [0.15, 0.2) is 24.3 Å². The molecule has 0 aromatic heterocycles. The van der Waals surface area contributed by atoms with Gasteiger partial charge < -0.3 is 5.11 Å². The molecule has 1 aromatic carbocycles. The van der Waals surface area contributed by atoms with Crippen LogP contribution in [0.25, 0.3) is 0 Å². The van der Waals surface area contributed by atoms with Crippen molar-refractivity contribution in [1.82, 2.24) is 4.90 Å². The zero-order chi connectivity index (χ0) is 15.8. The Morgan fingerprint density at radius 3 is 2.48 bits per heavy atom. The number of rotatable bonds is 5. The Hall–Kier alpha value is -0.900. The third-order valence-corrected chi connectivity index (χ3v) is 3.95. The van der Waals surface area contributed by atoms with Crippen LogP contribution in [0, 0.1) is 0 Å². The highest BCUT2D eigenvalue weighted by molar-refractivity contribution is 6.30. The number of hydrogen-bond donors (Lipinski definition) is 1. The number of hydrogen-bond acceptors (Lipinski definition) is 3. The van der Waals surface area contributed by atoms with Gasteiger partial charge in [0.05, 0.1) is 12.0 Å². The molecule has 3 nitrogen and oxygen atoms in total. The number of ketones is 1. The highest BCUT2D eigenvalue weighted by Gasteiger charge is 2.26. The van der Waals surface area contributed by atoms with Gasteiger partial charge in [0.2, 0.25) is 0 Å². The van der Waals surface area contributed by atoms with Crippen LogP contribution in [0.3, 0.4) is 0 Å². The molecule has 1 aliphatic heterocycles. The largest absolute Gasteiger partial charge is 0.392 e. The second-order valence-electron chi connectivity index (χ2n) is 5.13. The molecule has 0 amide bonds. The maximum Gasteiger partial charge on any atom is 0.141 e. The first-order chi connectivity index (χ1) is 10.1. The molecule has 1 saturated heterocycles. The van der Waals surface area contributed by atoms with Gasteiger partial charge in [-0.1, -0.05) is 44.5 Å². The number of carbonyl (C=O) groups excluding carboxylic acids is 1. The molecule has 1 aromatic rings. The molecule has 1 heterocycles. The van der Waals surface area contributed by atoms with E-state index in [1.807, 2.05) is 45.0 Å². The number of carbonyl (C=O) groups is 1. The average molecular weight is 312 g/mol. The van der Waals surface area contributed by atoms with Crippen molar-refractivity contribution in [3.8, 4) is 0 Å². The normalized spacial score (nSPS) is 19.8. The van der Waals surface area contributed by atoms with Crippen LogP contribution in [0.1, 0.15) is 45.1 Å². The molecule has 0 aliphatic carbocycles. The summed E-state index contributed by atoms with van der Waals surface area (Å²) in [4.78, 5) is 14.3. The van der Waals surface area contributed by atoms with Crippen molar-refractivity contribution in [3.05, 3.63) is 34.9 Å². The van der Waals surface area contributed by atoms with E-state index in [1.165, 1.54) is 0 Å². The minimum Gasteiger partial charge on any atom is -0.392 e. The summed E-state index contributed by atoms with van der Waals surface area (Å²) in [5.74, 6) is 0.122. The van der Waals surface area contributed by atoms with Gasteiger partial charge >= 0.3 is 0 Å². The number of benzene rings is 1. The molecule has 1 aliphatic rings. The molecular formula is C17H26ClNO2. The van der Waals surface area contributed by atoms with Gasteiger partial charge in [-0.15, -0.1) is 0 Å². The third-order valence-electron chi connectivity index (χ3n) is 3.70. The van der Waals surface area contributed by atoms with Crippen molar-refractivity contribution < 1.29 is 9.90 Å².